The summed E-state index contributed by atoms with van der Waals surface area (Å²) in [5.74, 6) is 0.757. The molecule has 2 aliphatic carbocycles. The van der Waals surface area contributed by atoms with Crippen LogP contribution < -0.4 is 0 Å². The number of hydrogen-bond donors (Lipinski definition) is 1. The quantitative estimate of drug-likeness (QED) is 0.724. The Labute approximate surface area is 147 Å². The monoisotopic (exact) mass is 335 g/mol. The number of aromatic nitrogens is 3. The molecule has 1 aromatic rings. The fourth-order valence-electron chi connectivity index (χ4n) is 5.75. The molecule has 138 valence electrons. The summed E-state index contributed by atoms with van der Waals surface area (Å²) in [5.41, 5.74) is 0.417. The number of hydrogen-bond acceptors (Lipinski definition) is 1. The zero-order valence-corrected chi connectivity index (χ0v) is 16.0. The molecule has 0 bridgehead atoms. The van der Waals surface area contributed by atoms with E-state index in [0.717, 1.165) is 24.4 Å². The molecule has 0 amide bonds. The summed E-state index contributed by atoms with van der Waals surface area (Å²) in [7, 11) is 0. The van der Waals surface area contributed by atoms with Crippen LogP contribution in [0.2, 0.25) is 0 Å². The fourth-order valence-corrected chi connectivity index (χ4v) is 5.75. The second-order valence-electron chi connectivity index (χ2n) is 9.47. The number of unbranched alkanes of at least 4 members (excludes halogenated alkanes) is 2. The average molecular weight is 336 g/mol. The first kappa shape index (κ1) is 16.8. The maximum Gasteiger partial charge on any atom is 0.0969 e. The van der Waals surface area contributed by atoms with Crippen LogP contribution in [0.3, 0.4) is 0 Å². The smallest absolute Gasteiger partial charge is 0.0969 e. The molecule has 3 aliphatic rings. The Morgan fingerprint density at radius 1 is 0.875 bits per heavy atom. The van der Waals surface area contributed by atoms with Crippen LogP contribution in [0.5, 0.6) is 0 Å². The molecule has 0 saturated heterocycles. The molecule has 2 fully saturated rings. The molecule has 0 aromatic carbocycles. The van der Waals surface area contributed by atoms with Crippen molar-refractivity contribution in [3.05, 3.63) is 0 Å². The van der Waals surface area contributed by atoms with Crippen LogP contribution in [0.15, 0.2) is 0 Å². The third kappa shape index (κ3) is 2.69. The van der Waals surface area contributed by atoms with Gasteiger partial charge in [-0.3, -0.25) is 0 Å². The van der Waals surface area contributed by atoms with Gasteiger partial charge in [0.2, 0.25) is 0 Å². The Morgan fingerprint density at radius 3 is 2.12 bits per heavy atom. The Bertz CT molecular complexity index is 528. The van der Waals surface area contributed by atoms with Gasteiger partial charge in [0.15, 0.2) is 0 Å². The van der Waals surface area contributed by atoms with Crippen molar-refractivity contribution in [2.75, 3.05) is 0 Å². The van der Waals surface area contributed by atoms with Crippen LogP contribution in [-0.2, 0) is 0 Å². The lowest BCUT2D eigenvalue weighted by Gasteiger charge is -2.41. The van der Waals surface area contributed by atoms with Gasteiger partial charge >= 0.3 is 0 Å². The zero-order chi connectivity index (χ0) is 16.9. The van der Waals surface area contributed by atoms with Crippen molar-refractivity contribution in [1.82, 2.24) is 14.4 Å². The van der Waals surface area contributed by atoms with Gasteiger partial charge in [0.25, 0.3) is 0 Å². The summed E-state index contributed by atoms with van der Waals surface area (Å²) in [5, 5.41) is 10.7. The average Bonchev–Trinajstić information content (AvgIpc) is 3.21. The molecule has 5 atom stereocenters. The molecule has 0 radical (unpaired) electrons. The Balaban J connectivity index is 1.43. The van der Waals surface area contributed by atoms with Crippen molar-refractivity contribution in [2.45, 2.75) is 116 Å². The van der Waals surface area contributed by atoms with Crippen LogP contribution in [0, 0.1) is 11.3 Å². The second kappa shape index (κ2) is 6.26. The number of fused-ring (bicyclic) bond motifs is 4. The molecule has 4 nitrogen and oxygen atoms in total. The highest BCUT2D eigenvalue weighted by Gasteiger charge is 2.52. The highest BCUT2D eigenvalue weighted by Crippen LogP contribution is 2.53. The summed E-state index contributed by atoms with van der Waals surface area (Å²) in [6.45, 7) is 7.23. The van der Waals surface area contributed by atoms with E-state index in [0.29, 0.717) is 11.5 Å². The van der Waals surface area contributed by atoms with Crippen LogP contribution in [0.4, 0.5) is 0 Å². The van der Waals surface area contributed by atoms with Gasteiger partial charge < -0.3 is 5.11 Å². The minimum Gasteiger partial charge on any atom is -0.391 e. The topological polar surface area (TPSA) is 35.0 Å². The first-order valence-corrected chi connectivity index (χ1v) is 10.6. The highest BCUT2D eigenvalue weighted by molar-refractivity contribution is 4.99. The van der Waals surface area contributed by atoms with E-state index in [-0.39, 0.29) is 6.10 Å². The first-order valence-electron chi connectivity index (χ1n) is 10.6. The van der Waals surface area contributed by atoms with Gasteiger partial charge in [-0.2, -0.15) is 14.4 Å². The predicted octanol–water partition coefficient (Wildman–Crippen LogP) is 5.07. The maximum absolute atomic E-state index is 10.7. The fraction of sp³-hybridized carbons (Fsp3) is 1.00. The second-order valence-corrected chi connectivity index (χ2v) is 9.47. The predicted molar refractivity (Wildman–Crippen MR) is 97.3 cm³/mol. The Hall–Kier alpha value is -0.640. The van der Waals surface area contributed by atoms with E-state index in [2.05, 4.69) is 35.2 Å². The van der Waals surface area contributed by atoms with E-state index in [4.69, 9.17) is 0 Å². The van der Waals surface area contributed by atoms with Crippen molar-refractivity contribution in [2.24, 2.45) is 11.3 Å². The number of rotatable bonds is 6. The summed E-state index contributed by atoms with van der Waals surface area (Å²) >= 11 is 0. The summed E-state index contributed by atoms with van der Waals surface area (Å²) < 4.78 is 0. The van der Waals surface area contributed by atoms with Gasteiger partial charge in [-0.05, 0) is 49.9 Å². The van der Waals surface area contributed by atoms with Gasteiger partial charge in [-0.1, -0.05) is 52.9 Å². The lowest BCUT2D eigenvalue weighted by Crippen LogP contribution is -2.36. The Morgan fingerprint density at radius 2 is 1.50 bits per heavy atom. The summed E-state index contributed by atoms with van der Waals surface area (Å²) in [6.07, 6.45) is 14.1. The molecule has 5 unspecified atom stereocenters. The molecule has 4 heteroatoms. The number of nitrogens with zero attached hydrogens (tertiary/aromatic N) is 3. The standard InChI is InChI=1S/C20H37N3O/c1-4-5-8-13-20(2,3)15-11-12-19(24)18(14-15)23-21-16-9-6-7-10-17(16)22(21)23/h15-19,24H,4-14H2,1-3H3. The van der Waals surface area contributed by atoms with Crippen molar-refractivity contribution < 1.29 is 5.11 Å². The Kier molecular flexibility index (Phi) is 4.39. The lowest BCUT2D eigenvalue weighted by atomic mass is 9.67. The molecule has 0 spiro atoms. The van der Waals surface area contributed by atoms with Crippen LogP contribution in [0.1, 0.15) is 110 Å². The minimum absolute atomic E-state index is 0.139. The van der Waals surface area contributed by atoms with Crippen LogP contribution in [-0.4, -0.2) is 25.6 Å². The minimum atomic E-state index is -0.139. The van der Waals surface area contributed by atoms with Gasteiger partial charge in [0, 0.05) is 0 Å². The maximum atomic E-state index is 10.7. The lowest BCUT2D eigenvalue weighted by molar-refractivity contribution is 0.0145. The SMILES string of the molecule is CCCCCC(C)(C)C1CCC(O)C(n2n3n2C2CCCCC23)C1. The molecular formula is C20H37N3O. The number of aliphatic hydroxyl groups is 1. The molecular weight excluding hydrogens is 298 g/mol. The molecule has 2 saturated carbocycles. The van der Waals surface area contributed by atoms with E-state index < -0.39 is 0 Å². The molecule has 24 heavy (non-hydrogen) atoms. The molecule has 1 N–H and O–H groups in total. The molecule has 4 rings (SSSR count). The van der Waals surface area contributed by atoms with Gasteiger partial charge in [-0.15, -0.1) is 0 Å². The van der Waals surface area contributed by atoms with Crippen molar-refractivity contribution in [1.29, 1.82) is 0 Å². The third-order valence-electron chi connectivity index (χ3n) is 7.49. The van der Waals surface area contributed by atoms with Crippen molar-refractivity contribution in [3.8, 4) is 0 Å². The van der Waals surface area contributed by atoms with E-state index in [1.165, 1.54) is 64.2 Å². The first-order chi connectivity index (χ1) is 11.5. The molecule has 1 aromatic heterocycles. The van der Waals surface area contributed by atoms with Crippen molar-refractivity contribution >= 4 is 0 Å². The van der Waals surface area contributed by atoms with E-state index in [1.54, 1.807) is 0 Å². The van der Waals surface area contributed by atoms with Gasteiger partial charge in [-0.25, -0.2) is 0 Å². The van der Waals surface area contributed by atoms with Gasteiger partial charge in [0.05, 0.1) is 24.2 Å². The summed E-state index contributed by atoms with van der Waals surface area (Å²) in [4.78, 5) is 7.41. The summed E-state index contributed by atoms with van der Waals surface area (Å²) in [6, 6.07) is 1.84. The van der Waals surface area contributed by atoms with E-state index in [9.17, 15) is 5.11 Å². The van der Waals surface area contributed by atoms with Crippen molar-refractivity contribution in [3.63, 3.8) is 0 Å². The molecule has 2 heterocycles. The highest BCUT2D eigenvalue weighted by atomic mass is 16.3. The largest absolute Gasteiger partial charge is 0.391 e. The van der Waals surface area contributed by atoms with E-state index in [1.807, 2.05) is 0 Å². The van der Waals surface area contributed by atoms with Crippen LogP contribution >= 0.6 is 0 Å². The van der Waals surface area contributed by atoms with Crippen LogP contribution in [0.25, 0.3) is 0 Å². The third-order valence-corrected chi connectivity index (χ3v) is 7.49. The zero-order valence-electron chi connectivity index (χ0n) is 16.0. The molecule has 1 aliphatic heterocycles. The normalized spacial score (nSPS) is 36.2. The number of aliphatic hydroxyl groups excluding tert-OH is 1. The van der Waals surface area contributed by atoms with Gasteiger partial charge in [0.1, 0.15) is 0 Å². The van der Waals surface area contributed by atoms with E-state index >= 15 is 0 Å².